The van der Waals surface area contributed by atoms with Crippen LogP contribution in [0.2, 0.25) is 0 Å². The van der Waals surface area contributed by atoms with Crippen LogP contribution in [0.4, 0.5) is 10.5 Å². The maximum absolute atomic E-state index is 12.4. The molecule has 3 aromatic carbocycles. The highest BCUT2D eigenvalue weighted by atomic mass is 16.2. The van der Waals surface area contributed by atoms with Crippen molar-refractivity contribution in [2.24, 2.45) is 5.92 Å². The van der Waals surface area contributed by atoms with Gasteiger partial charge in [-0.3, -0.25) is 0 Å². The summed E-state index contributed by atoms with van der Waals surface area (Å²) in [5.74, 6) is 0.642. The van der Waals surface area contributed by atoms with Crippen molar-refractivity contribution in [2.75, 3.05) is 18.4 Å². The van der Waals surface area contributed by atoms with Crippen molar-refractivity contribution in [3.8, 4) is 11.1 Å². The Morgan fingerprint density at radius 1 is 0.786 bits per heavy atom. The molecule has 0 spiro atoms. The quantitative estimate of drug-likeness (QED) is 0.615. The van der Waals surface area contributed by atoms with E-state index in [1.807, 2.05) is 41.3 Å². The Morgan fingerprint density at radius 3 is 2.00 bits per heavy atom. The Labute approximate surface area is 167 Å². The summed E-state index contributed by atoms with van der Waals surface area (Å²) < 4.78 is 0. The lowest BCUT2D eigenvalue weighted by Gasteiger charge is -2.32. The highest BCUT2D eigenvalue weighted by Crippen LogP contribution is 2.24. The summed E-state index contributed by atoms with van der Waals surface area (Å²) in [7, 11) is 0. The van der Waals surface area contributed by atoms with E-state index in [4.69, 9.17) is 0 Å². The van der Waals surface area contributed by atoms with Gasteiger partial charge in [0.05, 0.1) is 0 Å². The second kappa shape index (κ2) is 8.75. The second-order valence-electron chi connectivity index (χ2n) is 7.49. The molecule has 1 heterocycles. The molecule has 0 aromatic heterocycles. The lowest BCUT2D eigenvalue weighted by molar-refractivity contribution is 0.182. The monoisotopic (exact) mass is 370 g/mol. The van der Waals surface area contributed by atoms with Crippen molar-refractivity contribution in [3.63, 3.8) is 0 Å². The molecule has 1 saturated heterocycles. The van der Waals surface area contributed by atoms with E-state index in [0.29, 0.717) is 5.92 Å². The van der Waals surface area contributed by atoms with Crippen molar-refractivity contribution in [1.82, 2.24) is 4.90 Å². The zero-order valence-electron chi connectivity index (χ0n) is 16.1. The van der Waals surface area contributed by atoms with Crippen molar-refractivity contribution in [1.29, 1.82) is 0 Å². The second-order valence-corrected chi connectivity index (χ2v) is 7.49. The Balaban J connectivity index is 1.28. The number of hydrogen-bond donors (Lipinski definition) is 1. The van der Waals surface area contributed by atoms with Crippen molar-refractivity contribution in [2.45, 2.75) is 19.3 Å². The highest BCUT2D eigenvalue weighted by molar-refractivity contribution is 5.89. The summed E-state index contributed by atoms with van der Waals surface area (Å²) in [6.45, 7) is 1.65. The van der Waals surface area contributed by atoms with E-state index in [1.165, 1.54) is 16.7 Å². The number of carbonyl (C=O) groups excluding carboxylic acids is 1. The SMILES string of the molecule is O=C(Nc1ccccc1)N1CCC(Cc2ccc(-c3ccccc3)cc2)CC1. The fraction of sp³-hybridized carbons (Fsp3) is 0.240. The van der Waals surface area contributed by atoms with Gasteiger partial charge in [-0.2, -0.15) is 0 Å². The van der Waals surface area contributed by atoms with Crippen LogP contribution >= 0.6 is 0 Å². The highest BCUT2D eigenvalue weighted by Gasteiger charge is 2.23. The normalized spacial score (nSPS) is 14.6. The molecule has 142 valence electrons. The Morgan fingerprint density at radius 2 is 1.36 bits per heavy atom. The molecular weight excluding hydrogens is 344 g/mol. The number of hydrogen-bond acceptors (Lipinski definition) is 1. The first kappa shape index (κ1) is 18.3. The van der Waals surface area contributed by atoms with Gasteiger partial charge in [-0.25, -0.2) is 4.79 Å². The number of piperidine rings is 1. The number of nitrogens with zero attached hydrogens (tertiary/aromatic N) is 1. The summed E-state index contributed by atoms with van der Waals surface area (Å²) in [6.07, 6.45) is 3.20. The van der Waals surface area contributed by atoms with Gasteiger partial charge < -0.3 is 10.2 Å². The molecule has 0 saturated carbocycles. The van der Waals surface area contributed by atoms with Crippen LogP contribution in [-0.2, 0) is 6.42 Å². The van der Waals surface area contributed by atoms with Crippen LogP contribution in [0.1, 0.15) is 18.4 Å². The minimum Gasteiger partial charge on any atom is -0.325 e. The molecule has 0 radical (unpaired) electrons. The Hall–Kier alpha value is -3.07. The molecule has 2 amide bonds. The van der Waals surface area contributed by atoms with E-state index in [9.17, 15) is 4.79 Å². The van der Waals surface area contributed by atoms with Gasteiger partial charge in [0.25, 0.3) is 0 Å². The summed E-state index contributed by atoms with van der Waals surface area (Å²) in [5.41, 5.74) is 4.75. The third kappa shape index (κ3) is 4.61. The Kier molecular flexibility index (Phi) is 5.72. The standard InChI is InChI=1S/C25H26N2O/c28-25(26-24-9-5-2-6-10-24)27-17-15-21(16-18-27)19-20-11-13-23(14-12-20)22-7-3-1-4-8-22/h1-14,21H,15-19H2,(H,26,28). The number of amides is 2. The van der Waals surface area contributed by atoms with Crippen molar-refractivity contribution >= 4 is 11.7 Å². The maximum Gasteiger partial charge on any atom is 0.321 e. The van der Waals surface area contributed by atoms with E-state index < -0.39 is 0 Å². The maximum atomic E-state index is 12.4. The van der Waals surface area contributed by atoms with E-state index in [-0.39, 0.29) is 6.03 Å². The fourth-order valence-electron chi connectivity index (χ4n) is 3.86. The van der Waals surface area contributed by atoms with Crippen molar-refractivity contribution < 1.29 is 4.79 Å². The summed E-state index contributed by atoms with van der Waals surface area (Å²) in [5, 5.41) is 2.98. The molecule has 0 atom stereocenters. The van der Waals surface area contributed by atoms with Crippen LogP contribution in [0.25, 0.3) is 11.1 Å². The van der Waals surface area contributed by atoms with Crippen LogP contribution in [0.3, 0.4) is 0 Å². The van der Waals surface area contributed by atoms with Crippen LogP contribution in [0, 0.1) is 5.92 Å². The molecule has 1 aliphatic heterocycles. The van der Waals surface area contributed by atoms with Crippen LogP contribution in [0.15, 0.2) is 84.9 Å². The smallest absolute Gasteiger partial charge is 0.321 e. The first-order valence-corrected chi connectivity index (χ1v) is 10.0. The van der Waals surface area contributed by atoms with Crippen LogP contribution in [0.5, 0.6) is 0 Å². The zero-order chi connectivity index (χ0) is 19.2. The molecule has 4 rings (SSSR count). The first-order valence-electron chi connectivity index (χ1n) is 10.0. The summed E-state index contributed by atoms with van der Waals surface area (Å²) in [6, 6.07) is 29.1. The lowest BCUT2D eigenvalue weighted by Crippen LogP contribution is -2.41. The molecule has 1 aliphatic rings. The third-order valence-corrected chi connectivity index (χ3v) is 5.51. The number of rotatable bonds is 4. The molecule has 1 fully saturated rings. The van der Waals surface area contributed by atoms with Gasteiger partial charge in [0, 0.05) is 18.8 Å². The number of nitrogens with one attached hydrogen (secondary N) is 1. The van der Waals surface area contributed by atoms with E-state index in [0.717, 1.165) is 38.0 Å². The largest absolute Gasteiger partial charge is 0.325 e. The lowest BCUT2D eigenvalue weighted by atomic mass is 9.89. The number of para-hydroxylation sites is 1. The fourth-order valence-corrected chi connectivity index (χ4v) is 3.86. The molecule has 0 unspecified atom stereocenters. The molecule has 3 nitrogen and oxygen atoms in total. The number of likely N-dealkylation sites (tertiary alicyclic amines) is 1. The van der Waals surface area contributed by atoms with Gasteiger partial charge in [0.15, 0.2) is 0 Å². The molecule has 0 bridgehead atoms. The zero-order valence-corrected chi connectivity index (χ0v) is 16.1. The minimum absolute atomic E-state index is 0.0110. The molecular formula is C25H26N2O. The number of anilines is 1. The van der Waals surface area contributed by atoms with Gasteiger partial charge >= 0.3 is 6.03 Å². The van der Waals surface area contributed by atoms with E-state index in [1.54, 1.807) is 0 Å². The van der Waals surface area contributed by atoms with Gasteiger partial charge in [-0.15, -0.1) is 0 Å². The minimum atomic E-state index is 0.0110. The topological polar surface area (TPSA) is 32.3 Å². The molecule has 1 N–H and O–H groups in total. The predicted molar refractivity (Wildman–Crippen MR) is 115 cm³/mol. The molecule has 0 aliphatic carbocycles. The third-order valence-electron chi connectivity index (χ3n) is 5.51. The van der Waals surface area contributed by atoms with Crippen molar-refractivity contribution in [3.05, 3.63) is 90.5 Å². The van der Waals surface area contributed by atoms with Gasteiger partial charge in [-0.1, -0.05) is 72.8 Å². The van der Waals surface area contributed by atoms with Gasteiger partial charge in [-0.05, 0) is 54.0 Å². The average Bonchev–Trinajstić information content (AvgIpc) is 2.76. The molecule has 3 heteroatoms. The van der Waals surface area contributed by atoms with E-state index >= 15 is 0 Å². The Bertz CT molecular complexity index is 883. The molecule has 28 heavy (non-hydrogen) atoms. The average molecular weight is 370 g/mol. The number of carbonyl (C=O) groups is 1. The van der Waals surface area contributed by atoms with Gasteiger partial charge in [0.1, 0.15) is 0 Å². The summed E-state index contributed by atoms with van der Waals surface area (Å²) in [4.78, 5) is 14.4. The van der Waals surface area contributed by atoms with E-state index in [2.05, 4.69) is 53.8 Å². The number of urea groups is 1. The predicted octanol–water partition coefficient (Wildman–Crippen LogP) is 5.84. The number of benzene rings is 3. The van der Waals surface area contributed by atoms with Crippen LogP contribution < -0.4 is 5.32 Å². The first-order chi connectivity index (χ1) is 13.8. The van der Waals surface area contributed by atoms with Crippen LogP contribution in [-0.4, -0.2) is 24.0 Å². The van der Waals surface area contributed by atoms with Gasteiger partial charge in [0.2, 0.25) is 0 Å². The molecule has 3 aromatic rings. The summed E-state index contributed by atoms with van der Waals surface area (Å²) >= 11 is 0.